The fraction of sp³-hybridized carbons (Fsp3) is 0.318. The fourth-order valence-corrected chi connectivity index (χ4v) is 3.73. The van der Waals surface area contributed by atoms with Crippen molar-refractivity contribution in [3.63, 3.8) is 0 Å². The summed E-state index contributed by atoms with van der Waals surface area (Å²) in [6.07, 6.45) is 5.54. The molecule has 1 N–H and O–H groups in total. The molecule has 25 heavy (non-hydrogen) atoms. The molecule has 1 heterocycles. The predicted octanol–water partition coefficient (Wildman–Crippen LogP) is 5.22. The number of amides is 1. The summed E-state index contributed by atoms with van der Waals surface area (Å²) in [7, 11) is 0. The van der Waals surface area contributed by atoms with E-state index in [2.05, 4.69) is 5.32 Å². The zero-order valence-electron chi connectivity index (χ0n) is 14.3. The van der Waals surface area contributed by atoms with E-state index in [1.54, 1.807) is 0 Å². The summed E-state index contributed by atoms with van der Waals surface area (Å²) < 4.78 is 6.06. The SMILES string of the molecule is O=C(NC(c1ccccc1)c1cc2ccccc2o1)C1CCCCC1. The molecule has 4 rings (SSSR count). The molecule has 1 saturated carbocycles. The highest BCUT2D eigenvalue weighted by Gasteiger charge is 2.26. The summed E-state index contributed by atoms with van der Waals surface area (Å²) in [5.41, 5.74) is 1.90. The summed E-state index contributed by atoms with van der Waals surface area (Å²) >= 11 is 0. The molecule has 1 aliphatic carbocycles. The predicted molar refractivity (Wildman–Crippen MR) is 99.2 cm³/mol. The molecule has 128 valence electrons. The minimum Gasteiger partial charge on any atom is -0.459 e. The summed E-state index contributed by atoms with van der Waals surface area (Å²) in [6, 6.07) is 19.8. The van der Waals surface area contributed by atoms with Crippen molar-refractivity contribution in [2.75, 3.05) is 0 Å². The molecule has 1 atom stereocenters. The van der Waals surface area contributed by atoms with Gasteiger partial charge in [-0.05, 0) is 30.5 Å². The summed E-state index contributed by atoms with van der Waals surface area (Å²) in [5, 5.41) is 4.31. The molecule has 1 aliphatic rings. The van der Waals surface area contributed by atoms with Gasteiger partial charge in [0.1, 0.15) is 17.4 Å². The monoisotopic (exact) mass is 333 g/mol. The van der Waals surface area contributed by atoms with Crippen LogP contribution in [0.2, 0.25) is 0 Å². The van der Waals surface area contributed by atoms with Crippen molar-refractivity contribution in [3.8, 4) is 0 Å². The van der Waals surface area contributed by atoms with Crippen LogP contribution in [0.5, 0.6) is 0 Å². The Morgan fingerprint density at radius 1 is 0.960 bits per heavy atom. The lowest BCUT2D eigenvalue weighted by Gasteiger charge is -2.24. The molecule has 0 radical (unpaired) electrons. The minimum absolute atomic E-state index is 0.129. The standard InChI is InChI=1S/C22H23NO2/c24-22(17-11-5-2-6-12-17)23-21(16-9-3-1-4-10-16)20-15-18-13-7-8-14-19(18)25-20/h1,3-4,7-10,13-15,17,21H,2,5-6,11-12H2,(H,23,24). The van der Waals surface area contributed by atoms with Crippen molar-refractivity contribution in [2.45, 2.75) is 38.1 Å². The second-order valence-electron chi connectivity index (χ2n) is 6.87. The lowest BCUT2D eigenvalue weighted by Crippen LogP contribution is -2.35. The number of carbonyl (C=O) groups excluding carboxylic acids is 1. The Kier molecular flexibility index (Phi) is 4.55. The molecule has 1 fully saturated rings. The topological polar surface area (TPSA) is 42.2 Å². The van der Waals surface area contributed by atoms with E-state index in [0.29, 0.717) is 0 Å². The van der Waals surface area contributed by atoms with Crippen LogP contribution in [0.25, 0.3) is 11.0 Å². The van der Waals surface area contributed by atoms with Crippen LogP contribution in [0.3, 0.4) is 0 Å². The van der Waals surface area contributed by atoms with E-state index in [0.717, 1.165) is 48.0 Å². The minimum atomic E-state index is -0.247. The van der Waals surface area contributed by atoms with Gasteiger partial charge in [-0.2, -0.15) is 0 Å². The van der Waals surface area contributed by atoms with Gasteiger partial charge in [0.15, 0.2) is 0 Å². The smallest absolute Gasteiger partial charge is 0.223 e. The second-order valence-corrected chi connectivity index (χ2v) is 6.87. The van der Waals surface area contributed by atoms with Gasteiger partial charge >= 0.3 is 0 Å². The van der Waals surface area contributed by atoms with Gasteiger partial charge in [0.25, 0.3) is 0 Å². The Hall–Kier alpha value is -2.55. The Morgan fingerprint density at radius 2 is 1.68 bits per heavy atom. The zero-order valence-corrected chi connectivity index (χ0v) is 14.3. The summed E-state index contributed by atoms with van der Waals surface area (Å²) in [6.45, 7) is 0. The van der Waals surface area contributed by atoms with Gasteiger partial charge in [-0.3, -0.25) is 4.79 Å². The van der Waals surface area contributed by atoms with Crippen LogP contribution in [-0.2, 0) is 4.79 Å². The second kappa shape index (κ2) is 7.14. The molecule has 1 amide bonds. The number of fused-ring (bicyclic) bond motifs is 1. The van der Waals surface area contributed by atoms with Crippen molar-refractivity contribution in [1.82, 2.24) is 5.32 Å². The van der Waals surface area contributed by atoms with Crippen molar-refractivity contribution in [1.29, 1.82) is 0 Å². The molecule has 3 nitrogen and oxygen atoms in total. The van der Waals surface area contributed by atoms with Crippen molar-refractivity contribution in [2.24, 2.45) is 5.92 Å². The van der Waals surface area contributed by atoms with E-state index >= 15 is 0 Å². The maximum absolute atomic E-state index is 12.8. The highest BCUT2D eigenvalue weighted by Crippen LogP contribution is 2.30. The first kappa shape index (κ1) is 15.9. The Bertz CT molecular complexity index is 814. The van der Waals surface area contributed by atoms with E-state index in [1.807, 2.05) is 60.7 Å². The Labute approximate surface area is 148 Å². The fourth-order valence-electron chi connectivity index (χ4n) is 3.73. The van der Waals surface area contributed by atoms with E-state index in [-0.39, 0.29) is 17.9 Å². The van der Waals surface area contributed by atoms with Gasteiger partial charge in [-0.15, -0.1) is 0 Å². The number of para-hydroxylation sites is 1. The average molecular weight is 333 g/mol. The van der Waals surface area contributed by atoms with Gasteiger partial charge in [-0.25, -0.2) is 0 Å². The van der Waals surface area contributed by atoms with E-state index < -0.39 is 0 Å². The first-order chi connectivity index (χ1) is 12.3. The number of carbonyl (C=O) groups is 1. The average Bonchev–Trinajstić information content (AvgIpc) is 3.11. The molecule has 3 aromatic rings. The zero-order chi connectivity index (χ0) is 17.1. The molecular weight excluding hydrogens is 310 g/mol. The Morgan fingerprint density at radius 3 is 2.44 bits per heavy atom. The van der Waals surface area contributed by atoms with Gasteiger partial charge in [-0.1, -0.05) is 67.8 Å². The van der Waals surface area contributed by atoms with Crippen LogP contribution < -0.4 is 5.32 Å². The Balaban J connectivity index is 1.65. The van der Waals surface area contributed by atoms with Crippen LogP contribution in [0.15, 0.2) is 65.1 Å². The van der Waals surface area contributed by atoms with Crippen molar-refractivity contribution >= 4 is 16.9 Å². The molecule has 0 spiro atoms. The molecule has 1 unspecified atom stereocenters. The maximum atomic E-state index is 12.8. The number of benzene rings is 2. The molecule has 0 bridgehead atoms. The number of rotatable bonds is 4. The number of hydrogen-bond acceptors (Lipinski definition) is 2. The highest BCUT2D eigenvalue weighted by molar-refractivity contribution is 5.81. The maximum Gasteiger partial charge on any atom is 0.223 e. The lowest BCUT2D eigenvalue weighted by atomic mass is 9.88. The van der Waals surface area contributed by atoms with Crippen LogP contribution in [0.4, 0.5) is 0 Å². The quantitative estimate of drug-likeness (QED) is 0.711. The summed E-state index contributed by atoms with van der Waals surface area (Å²) in [5.74, 6) is 1.06. The number of furan rings is 1. The molecule has 0 saturated heterocycles. The van der Waals surface area contributed by atoms with Gasteiger partial charge in [0.05, 0.1) is 0 Å². The third kappa shape index (κ3) is 3.46. The number of nitrogens with one attached hydrogen (secondary N) is 1. The van der Waals surface area contributed by atoms with E-state index in [9.17, 15) is 4.79 Å². The number of hydrogen-bond donors (Lipinski definition) is 1. The largest absolute Gasteiger partial charge is 0.459 e. The van der Waals surface area contributed by atoms with Gasteiger partial charge in [0.2, 0.25) is 5.91 Å². The third-order valence-electron chi connectivity index (χ3n) is 5.12. The van der Waals surface area contributed by atoms with E-state index in [4.69, 9.17) is 4.42 Å². The van der Waals surface area contributed by atoms with Gasteiger partial charge in [0, 0.05) is 11.3 Å². The molecule has 2 aromatic carbocycles. The first-order valence-corrected chi connectivity index (χ1v) is 9.15. The van der Waals surface area contributed by atoms with E-state index in [1.165, 1.54) is 6.42 Å². The normalized spacial score (nSPS) is 16.6. The van der Waals surface area contributed by atoms with Crippen LogP contribution in [0, 0.1) is 5.92 Å². The lowest BCUT2D eigenvalue weighted by molar-refractivity contribution is -0.126. The molecule has 1 aromatic heterocycles. The van der Waals surface area contributed by atoms with Gasteiger partial charge < -0.3 is 9.73 Å². The molecular formula is C22H23NO2. The van der Waals surface area contributed by atoms with Crippen molar-refractivity contribution < 1.29 is 9.21 Å². The third-order valence-corrected chi connectivity index (χ3v) is 5.12. The summed E-state index contributed by atoms with van der Waals surface area (Å²) in [4.78, 5) is 12.8. The van der Waals surface area contributed by atoms with Crippen LogP contribution >= 0.6 is 0 Å². The molecule has 0 aliphatic heterocycles. The van der Waals surface area contributed by atoms with Crippen LogP contribution in [-0.4, -0.2) is 5.91 Å². The van der Waals surface area contributed by atoms with Crippen LogP contribution in [0.1, 0.15) is 49.5 Å². The van der Waals surface area contributed by atoms with Crippen molar-refractivity contribution in [3.05, 3.63) is 72.0 Å². The molecule has 3 heteroatoms. The first-order valence-electron chi connectivity index (χ1n) is 9.15. The highest BCUT2D eigenvalue weighted by atomic mass is 16.3.